The van der Waals surface area contributed by atoms with E-state index in [0.29, 0.717) is 36.2 Å². The van der Waals surface area contributed by atoms with E-state index in [1.54, 1.807) is 0 Å². The molecule has 0 bridgehead atoms. The lowest BCUT2D eigenvalue weighted by molar-refractivity contribution is -0.129. The largest absolute Gasteiger partial charge is 0.352 e. The number of hydrogen-bond donors (Lipinski definition) is 1. The Kier molecular flexibility index (Phi) is 7.73. The number of carbonyl (C=O) groups is 2. The topological polar surface area (TPSA) is 61.8 Å². The van der Waals surface area contributed by atoms with Gasteiger partial charge in [0.15, 0.2) is 0 Å². The van der Waals surface area contributed by atoms with Crippen LogP contribution >= 0.6 is 0 Å². The smallest absolute Gasteiger partial charge is 0.274 e. The van der Waals surface area contributed by atoms with Crippen LogP contribution in [0.15, 0.2) is 53.5 Å². The number of aryl methyl sites for hydroxylation is 1. The molecular weight excluding hydrogens is 434 g/mol. The van der Waals surface area contributed by atoms with Crippen molar-refractivity contribution in [2.45, 2.75) is 71.9 Å². The van der Waals surface area contributed by atoms with Gasteiger partial charge in [-0.15, -0.1) is 0 Å². The normalized spacial score (nSPS) is 22.1. The maximum atomic E-state index is 13.7. The van der Waals surface area contributed by atoms with Gasteiger partial charge in [0.25, 0.3) is 11.8 Å². The standard InChI is InChI=1S/C30H39N3O2/c1-5-19-31-28(34)26-12-8-23(9-13-26)16-20-33-29(35)27(25-10-6-22(4)7-11-25)32-30(33)17-14-24(15-18-30)21(2)3/h6-13,21,24H,5,14-20H2,1-4H3,(H,31,34). The van der Waals surface area contributed by atoms with Crippen molar-refractivity contribution in [3.05, 3.63) is 70.8 Å². The molecule has 2 aromatic carbocycles. The summed E-state index contributed by atoms with van der Waals surface area (Å²) in [6, 6.07) is 15.9. The van der Waals surface area contributed by atoms with Gasteiger partial charge in [0, 0.05) is 24.2 Å². The van der Waals surface area contributed by atoms with Crippen molar-refractivity contribution >= 4 is 17.5 Å². The van der Waals surface area contributed by atoms with E-state index in [1.807, 2.05) is 60.4 Å². The molecular formula is C30H39N3O2. The molecule has 1 fully saturated rings. The van der Waals surface area contributed by atoms with E-state index in [4.69, 9.17) is 4.99 Å². The predicted octanol–water partition coefficient (Wildman–Crippen LogP) is 5.55. The fraction of sp³-hybridized carbons (Fsp3) is 0.500. The maximum Gasteiger partial charge on any atom is 0.274 e. The van der Waals surface area contributed by atoms with E-state index in [-0.39, 0.29) is 11.8 Å². The molecule has 0 saturated heterocycles. The van der Waals surface area contributed by atoms with Crippen LogP contribution < -0.4 is 5.32 Å². The second-order valence-electron chi connectivity index (χ2n) is 10.5. The summed E-state index contributed by atoms with van der Waals surface area (Å²) < 4.78 is 0. The van der Waals surface area contributed by atoms with E-state index < -0.39 is 5.66 Å². The Morgan fingerprint density at radius 3 is 2.34 bits per heavy atom. The molecule has 2 aliphatic rings. The zero-order chi connectivity index (χ0) is 25.0. The van der Waals surface area contributed by atoms with Crippen LogP contribution in [0.1, 0.15) is 79.9 Å². The van der Waals surface area contributed by atoms with Crippen molar-refractivity contribution in [2.75, 3.05) is 13.1 Å². The molecule has 1 heterocycles. The van der Waals surface area contributed by atoms with Gasteiger partial charge in [-0.1, -0.05) is 62.7 Å². The number of rotatable bonds is 8. The van der Waals surface area contributed by atoms with Gasteiger partial charge in [-0.3, -0.25) is 14.6 Å². The van der Waals surface area contributed by atoms with Gasteiger partial charge in [-0.2, -0.15) is 0 Å². The predicted molar refractivity (Wildman–Crippen MR) is 142 cm³/mol. The van der Waals surface area contributed by atoms with E-state index in [0.717, 1.165) is 49.7 Å². The summed E-state index contributed by atoms with van der Waals surface area (Å²) in [6.07, 6.45) is 5.72. The molecule has 186 valence electrons. The highest BCUT2D eigenvalue weighted by atomic mass is 16.2. The molecule has 35 heavy (non-hydrogen) atoms. The molecule has 0 atom stereocenters. The van der Waals surface area contributed by atoms with Crippen LogP contribution in [0, 0.1) is 18.8 Å². The number of carbonyl (C=O) groups excluding carboxylic acids is 2. The van der Waals surface area contributed by atoms with Gasteiger partial charge in [0.2, 0.25) is 0 Å². The van der Waals surface area contributed by atoms with Crippen molar-refractivity contribution in [3.63, 3.8) is 0 Å². The molecule has 5 nitrogen and oxygen atoms in total. The lowest BCUT2D eigenvalue weighted by atomic mass is 9.76. The molecule has 0 unspecified atom stereocenters. The third-order valence-corrected chi connectivity index (χ3v) is 7.74. The quantitative estimate of drug-likeness (QED) is 0.546. The zero-order valence-electron chi connectivity index (χ0n) is 21.6. The van der Waals surface area contributed by atoms with Crippen LogP contribution in [-0.2, 0) is 11.2 Å². The zero-order valence-corrected chi connectivity index (χ0v) is 21.6. The Morgan fingerprint density at radius 1 is 1.09 bits per heavy atom. The number of nitrogens with zero attached hydrogens (tertiary/aromatic N) is 2. The van der Waals surface area contributed by atoms with Crippen molar-refractivity contribution < 1.29 is 9.59 Å². The molecule has 1 N–H and O–H groups in total. The minimum atomic E-state index is -0.428. The molecule has 2 amide bonds. The van der Waals surface area contributed by atoms with Gasteiger partial charge in [0.05, 0.1) is 0 Å². The molecule has 0 radical (unpaired) electrons. The highest BCUT2D eigenvalue weighted by molar-refractivity contribution is 6.46. The average Bonchev–Trinajstić information content (AvgIpc) is 3.13. The minimum Gasteiger partial charge on any atom is -0.352 e. The second-order valence-corrected chi connectivity index (χ2v) is 10.5. The molecule has 0 aromatic heterocycles. The molecule has 1 spiro atoms. The average molecular weight is 474 g/mol. The summed E-state index contributed by atoms with van der Waals surface area (Å²) in [4.78, 5) is 33.1. The van der Waals surface area contributed by atoms with Gasteiger partial charge in [-0.05, 0) is 75.0 Å². The second kappa shape index (κ2) is 10.8. The van der Waals surface area contributed by atoms with Crippen LogP contribution in [0.2, 0.25) is 0 Å². The number of benzene rings is 2. The lowest BCUT2D eigenvalue weighted by Gasteiger charge is -2.42. The number of nitrogens with one attached hydrogen (secondary N) is 1. The monoisotopic (exact) mass is 473 g/mol. The number of hydrogen-bond acceptors (Lipinski definition) is 3. The van der Waals surface area contributed by atoms with Crippen LogP contribution in [0.4, 0.5) is 0 Å². The summed E-state index contributed by atoms with van der Waals surface area (Å²) >= 11 is 0. The summed E-state index contributed by atoms with van der Waals surface area (Å²) in [5.74, 6) is 1.37. The first kappa shape index (κ1) is 25.2. The van der Waals surface area contributed by atoms with Crippen LogP contribution in [0.3, 0.4) is 0 Å². The van der Waals surface area contributed by atoms with Crippen molar-refractivity contribution in [1.29, 1.82) is 0 Å². The fourth-order valence-corrected chi connectivity index (χ4v) is 5.40. The Hall–Kier alpha value is -2.95. The lowest BCUT2D eigenvalue weighted by Crippen LogP contribution is -2.50. The van der Waals surface area contributed by atoms with E-state index >= 15 is 0 Å². The molecule has 1 aliphatic heterocycles. The summed E-state index contributed by atoms with van der Waals surface area (Å²) in [6.45, 7) is 10.0. The van der Waals surface area contributed by atoms with Crippen molar-refractivity contribution in [3.8, 4) is 0 Å². The van der Waals surface area contributed by atoms with Crippen LogP contribution in [-0.4, -0.2) is 41.2 Å². The molecule has 1 saturated carbocycles. The number of amides is 2. The fourth-order valence-electron chi connectivity index (χ4n) is 5.40. The first-order valence-electron chi connectivity index (χ1n) is 13.2. The first-order chi connectivity index (χ1) is 16.8. The van der Waals surface area contributed by atoms with Crippen LogP contribution in [0.5, 0.6) is 0 Å². The first-order valence-corrected chi connectivity index (χ1v) is 13.2. The summed E-state index contributed by atoms with van der Waals surface area (Å²) in [5, 5.41) is 2.92. The van der Waals surface area contributed by atoms with E-state index in [9.17, 15) is 9.59 Å². The van der Waals surface area contributed by atoms with E-state index in [2.05, 4.69) is 26.1 Å². The highest BCUT2D eigenvalue weighted by Gasteiger charge is 2.48. The number of aliphatic imine (C=N–C) groups is 1. The Labute approximate surface area is 210 Å². The highest BCUT2D eigenvalue weighted by Crippen LogP contribution is 2.43. The Bertz CT molecular complexity index is 1060. The summed E-state index contributed by atoms with van der Waals surface area (Å²) in [7, 11) is 0. The molecule has 1 aliphatic carbocycles. The SMILES string of the molecule is CCCNC(=O)c1ccc(CCN2C(=O)C(c3ccc(C)cc3)=NC23CCC(C(C)C)CC3)cc1. The molecule has 2 aromatic rings. The molecule has 4 rings (SSSR count). The third-order valence-electron chi connectivity index (χ3n) is 7.74. The maximum absolute atomic E-state index is 13.7. The van der Waals surface area contributed by atoms with Crippen LogP contribution in [0.25, 0.3) is 0 Å². The van der Waals surface area contributed by atoms with Gasteiger partial charge >= 0.3 is 0 Å². The van der Waals surface area contributed by atoms with Crippen molar-refractivity contribution in [2.24, 2.45) is 16.8 Å². The Morgan fingerprint density at radius 2 is 1.74 bits per heavy atom. The van der Waals surface area contributed by atoms with Gasteiger partial charge in [-0.25, -0.2) is 0 Å². The Balaban J connectivity index is 1.51. The van der Waals surface area contributed by atoms with Crippen molar-refractivity contribution in [1.82, 2.24) is 10.2 Å². The molecule has 5 heteroatoms. The van der Waals surface area contributed by atoms with Gasteiger partial charge < -0.3 is 10.2 Å². The minimum absolute atomic E-state index is 0.0369. The third kappa shape index (κ3) is 5.50. The summed E-state index contributed by atoms with van der Waals surface area (Å²) in [5.41, 5.74) is 4.07. The van der Waals surface area contributed by atoms with Gasteiger partial charge in [0.1, 0.15) is 11.4 Å². The van der Waals surface area contributed by atoms with E-state index in [1.165, 1.54) is 5.56 Å².